The first-order chi connectivity index (χ1) is 17.4. The standard InChI is InChI=1S/C27H38N4O5/c1-5-30-22(17-29-14-15-31(18(3)16-29)25(32)20-8-7-9-20)23(26(33)36-6-2)24(28-27(30)34)19-10-12-21(35-4)13-11-19/h10-13,18,20,24H,5-9,14-17H2,1-4H3,(H,28,34). The van der Waals surface area contributed by atoms with E-state index in [0.29, 0.717) is 49.7 Å². The lowest BCUT2D eigenvalue weighted by Gasteiger charge is -2.44. The zero-order valence-electron chi connectivity index (χ0n) is 21.8. The third kappa shape index (κ3) is 5.21. The van der Waals surface area contributed by atoms with Gasteiger partial charge < -0.3 is 19.7 Å². The first-order valence-corrected chi connectivity index (χ1v) is 13.0. The van der Waals surface area contributed by atoms with E-state index in [1.54, 1.807) is 18.9 Å². The summed E-state index contributed by atoms with van der Waals surface area (Å²) in [6.45, 7) is 8.87. The molecule has 3 aliphatic rings. The van der Waals surface area contributed by atoms with E-state index in [0.717, 1.165) is 24.8 Å². The number of rotatable bonds is 8. The Kier molecular flexibility index (Phi) is 8.18. The van der Waals surface area contributed by atoms with Crippen LogP contribution in [0.5, 0.6) is 5.75 Å². The lowest BCUT2D eigenvalue weighted by Crippen LogP contribution is -2.57. The molecular weight excluding hydrogens is 460 g/mol. The van der Waals surface area contributed by atoms with Gasteiger partial charge in [-0.2, -0.15) is 0 Å². The summed E-state index contributed by atoms with van der Waals surface area (Å²) in [4.78, 5) is 45.2. The second-order valence-corrected chi connectivity index (χ2v) is 9.72. The molecule has 0 radical (unpaired) electrons. The van der Waals surface area contributed by atoms with Crippen LogP contribution in [0, 0.1) is 5.92 Å². The van der Waals surface area contributed by atoms with E-state index in [1.807, 2.05) is 36.1 Å². The molecule has 196 valence electrons. The number of esters is 1. The number of benzene rings is 1. The van der Waals surface area contributed by atoms with E-state index in [9.17, 15) is 14.4 Å². The molecule has 36 heavy (non-hydrogen) atoms. The molecule has 4 rings (SSSR count). The highest BCUT2D eigenvalue weighted by Crippen LogP contribution is 2.34. The highest BCUT2D eigenvalue weighted by Gasteiger charge is 2.40. The molecule has 1 saturated heterocycles. The summed E-state index contributed by atoms with van der Waals surface area (Å²) >= 11 is 0. The van der Waals surface area contributed by atoms with Crippen molar-refractivity contribution in [1.29, 1.82) is 0 Å². The topological polar surface area (TPSA) is 91.4 Å². The minimum atomic E-state index is -0.626. The van der Waals surface area contributed by atoms with Gasteiger partial charge in [-0.1, -0.05) is 18.6 Å². The Balaban J connectivity index is 1.63. The normalized spacial score (nSPS) is 23.3. The summed E-state index contributed by atoms with van der Waals surface area (Å²) in [7, 11) is 1.60. The van der Waals surface area contributed by atoms with Crippen LogP contribution < -0.4 is 10.1 Å². The second kappa shape index (κ2) is 11.3. The largest absolute Gasteiger partial charge is 0.497 e. The number of hydrogen-bond donors (Lipinski definition) is 1. The molecule has 1 aromatic carbocycles. The monoisotopic (exact) mass is 498 g/mol. The van der Waals surface area contributed by atoms with Gasteiger partial charge in [-0.25, -0.2) is 9.59 Å². The van der Waals surface area contributed by atoms with Gasteiger partial charge in [-0.3, -0.25) is 14.6 Å². The van der Waals surface area contributed by atoms with Crippen molar-refractivity contribution >= 4 is 17.9 Å². The van der Waals surface area contributed by atoms with Gasteiger partial charge in [0.2, 0.25) is 5.91 Å². The molecule has 2 unspecified atom stereocenters. The second-order valence-electron chi connectivity index (χ2n) is 9.72. The highest BCUT2D eigenvalue weighted by molar-refractivity contribution is 5.95. The Morgan fingerprint density at radius 1 is 1.11 bits per heavy atom. The number of likely N-dealkylation sites (N-methyl/N-ethyl adjacent to an activating group) is 1. The predicted molar refractivity (Wildman–Crippen MR) is 135 cm³/mol. The SMILES string of the molecule is CCOC(=O)C1=C(CN2CCN(C(=O)C3CCC3)C(C)C2)N(CC)C(=O)NC1c1ccc(OC)cc1. The van der Waals surface area contributed by atoms with Gasteiger partial charge in [0.15, 0.2) is 0 Å². The van der Waals surface area contributed by atoms with Crippen LogP contribution in [0.25, 0.3) is 0 Å². The average Bonchev–Trinajstić information content (AvgIpc) is 2.83. The fourth-order valence-corrected chi connectivity index (χ4v) is 5.31. The minimum absolute atomic E-state index is 0.0726. The smallest absolute Gasteiger partial charge is 0.338 e. The van der Waals surface area contributed by atoms with Gasteiger partial charge >= 0.3 is 12.0 Å². The molecule has 9 heteroatoms. The van der Waals surface area contributed by atoms with E-state index >= 15 is 0 Å². The number of urea groups is 1. The maximum atomic E-state index is 13.3. The Bertz CT molecular complexity index is 1000. The van der Waals surface area contributed by atoms with Crippen LogP contribution in [0.15, 0.2) is 35.5 Å². The third-order valence-electron chi connectivity index (χ3n) is 7.52. The molecule has 1 saturated carbocycles. The molecule has 0 bridgehead atoms. The molecule has 2 fully saturated rings. The minimum Gasteiger partial charge on any atom is -0.497 e. The molecule has 0 spiro atoms. The summed E-state index contributed by atoms with van der Waals surface area (Å²) in [5, 5.41) is 3.00. The molecule has 2 heterocycles. The fraction of sp³-hybridized carbons (Fsp3) is 0.593. The van der Waals surface area contributed by atoms with Crippen LogP contribution in [0.1, 0.15) is 51.6 Å². The summed E-state index contributed by atoms with van der Waals surface area (Å²) in [5.41, 5.74) is 1.89. The van der Waals surface area contributed by atoms with E-state index in [4.69, 9.17) is 9.47 Å². The van der Waals surface area contributed by atoms with Crippen LogP contribution >= 0.6 is 0 Å². The molecule has 3 amide bonds. The molecule has 2 atom stereocenters. The maximum absolute atomic E-state index is 13.3. The van der Waals surface area contributed by atoms with Crippen LogP contribution in [0.4, 0.5) is 4.79 Å². The third-order valence-corrected chi connectivity index (χ3v) is 7.52. The number of carbonyl (C=O) groups is 3. The van der Waals surface area contributed by atoms with Crippen LogP contribution in [-0.4, -0.2) is 85.1 Å². The Hall–Kier alpha value is -3.07. The van der Waals surface area contributed by atoms with Crippen molar-refractivity contribution in [2.45, 2.75) is 52.1 Å². The van der Waals surface area contributed by atoms with Crippen molar-refractivity contribution in [3.05, 3.63) is 41.1 Å². The first-order valence-electron chi connectivity index (χ1n) is 13.0. The van der Waals surface area contributed by atoms with Crippen LogP contribution in [-0.2, 0) is 14.3 Å². The highest BCUT2D eigenvalue weighted by atomic mass is 16.5. The Morgan fingerprint density at radius 3 is 2.39 bits per heavy atom. The fourth-order valence-electron chi connectivity index (χ4n) is 5.31. The molecular formula is C27H38N4O5. The van der Waals surface area contributed by atoms with Crippen molar-refractivity contribution in [1.82, 2.24) is 20.0 Å². The van der Waals surface area contributed by atoms with Crippen molar-refractivity contribution in [3.8, 4) is 5.75 Å². The average molecular weight is 499 g/mol. The zero-order chi connectivity index (χ0) is 25.8. The molecule has 1 aromatic rings. The van der Waals surface area contributed by atoms with Gasteiger partial charge in [-0.05, 0) is 51.3 Å². The number of hydrogen-bond acceptors (Lipinski definition) is 6. The number of ether oxygens (including phenoxy) is 2. The van der Waals surface area contributed by atoms with Gasteiger partial charge in [0, 0.05) is 50.4 Å². The Labute approximate surface area is 213 Å². The van der Waals surface area contributed by atoms with E-state index in [1.165, 1.54) is 0 Å². The summed E-state index contributed by atoms with van der Waals surface area (Å²) < 4.78 is 10.7. The lowest BCUT2D eigenvalue weighted by atomic mass is 9.84. The number of piperazine rings is 1. The zero-order valence-corrected chi connectivity index (χ0v) is 21.8. The summed E-state index contributed by atoms with van der Waals surface area (Å²) in [6.07, 6.45) is 3.13. The molecule has 0 aromatic heterocycles. The summed E-state index contributed by atoms with van der Waals surface area (Å²) in [6, 6.07) is 6.55. The van der Waals surface area contributed by atoms with Gasteiger partial charge in [0.25, 0.3) is 0 Å². The van der Waals surface area contributed by atoms with Crippen molar-refractivity contribution < 1.29 is 23.9 Å². The van der Waals surface area contributed by atoms with Gasteiger partial charge in [0.05, 0.1) is 25.3 Å². The van der Waals surface area contributed by atoms with Gasteiger partial charge in [-0.15, -0.1) is 0 Å². The number of carbonyl (C=O) groups excluding carboxylic acids is 3. The van der Waals surface area contributed by atoms with Crippen molar-refractivity contribution in [2.75, 3.05) is 46.4 Å². The molecule has 9 nitrogen and oxygen atoms in total. The molecule has 1 aliphatic carbocycles. The maximum Gasteiger partial charge on any atom is 0.338 e. The number of methoxy groups -OCH3 is 1. The first kappa shape index (κ1) is 26.0. The number of nitrogens with one attached hydrogen (secondary N) is 1. The van der Waals surface area contributed by atoms with Crippen molar-refractivity contribution in [3.63, 3.8) is 0 Å². The van der Waals surface area contributed by atoms with Crippen molar-refractivity contribution in [2.24, 2.45) is 5.92 Å². The quantitative estimate of drug-likeness (QED) is 0.554. The van der Waals surface area contributed by atoms with E-state index < -0.39 is 12.0 Å². The lowest BCUT2D eigenvalue weighted by molar-refractivity contribution is -0.142. The van der Waals surface area contributed by atoms with E-state index in [-0.39, 0.29) is 30.5 Å². The summed E-state index contributed by atoms with van der Waals surface area (Å²) in [5.74, 6) is 0.714. The van der Waals surface area contributed by atoms with Crippen LogP contribution in [0.3, 0.4) is 0 Å². The predicted octanol–water partition coefficient (Wildman–Crippen LogP) is 2.93. The van der Waals surface area contributed by atoms with Gasteiger partial charge in [0.1, 0.15) is 5.75 Å². The number of nitrogens with zero attached hydrogens (tertiary/aromatic N) is 3. The molecule has 1 N–H and O–H groups in total. The van der Waals surface area contributed by atoms with Crippen LogP contribution in [0.2, 0.25) is 0 Å². The number of amides is 3. The molecule has 2 aliphatic heterocycles. The van der Waals surface area contributed by atoms with E-state index in [2.05, 4.69) is 17.1 Å². The Morgan fingerprint density at radius 2 is 1.83 bits per heavy atom.